The Morgan fingerprint density at radius 1 is 1.10 bits per heavy atom. The largest absolute Gasteiger partial charge is 0.339 e. The van der Waals surface area contributed by atoms with Crippen LogP contribution in [0.5, 0.6) is 0 Å². The summed E-state index contributed by atoms with van der Waals surface area (Å²) < 4.78 is 13.7. The first-order valence-electron chi connectivity index (χ1n) is 9.76. The molecule has 0 bridgehead atoms. The molecule has 4 rings (SSSR count). The van der Waals surface area contributed by atoms with Gasteiger partial charge in [0.25, 0.3) is 11.8 Å². The molecule has 0 saturated carbocycles. The van der Waals surface area contributed by atoms with Gasteiger partial charge in [-0.1, -0.05) is 41.2 Å². The summed E-state index contributed by atoms with van der Waals surface area (Å²) in [6.45, 7) is 3.24. The predicted octanol–water partition coefficient (Wildman–Crippen LogP) is 4.26. The maximum atomic E-state index is 13.7. The molecule has 6 nitrogen and oxygen atoms in total. The number of piperidine rings is 1. The molecule has 30 heavy (non-hydrogen) atoms. The number of para-hydroxylation sites is 1. The van der Waals surface area contributed by atoms with Crippen molar-refractivity contribution in [3.63, 3.8) is 0 Å². The number of aryl methyl sites for hydroxylation is 1. The normalized spacial score (nSPS) is 14.5. The van der Waals surface area contributed by atoms with Gasteiger partial charge in [-0.05, 0) is 44.0 Å². The van der Waals surface area contributed by atoms with Gasteiger partial charge in [0, 0.05) is 24.6 Å². The van der Waals surface area contributed by atoms with Crippen LogP contribution in [0.4, 0.5) is 10.1 Å². The van der Waals surface area contributed by atoms with Gasteiger partial charge in [-0.2, -0.15) is 0 Å². The molecule has 154 valence electrons. The molecule has 8 heteroatoms. The third-order valence-electron chi connectivity index (χ3n) is 5.15. The smallest absolute Gasteiger partial charge is 0.286 e. The van der Waals surface area contributed by atoms with E-state index in [1.165, 1.54) is 23.5 Å². The van der Waals surface area contributed by atoms with Crippen LogP contribution in [0.1, 0.15) is 49.5 Å². The molecular weight excluding hydrogens is 403 g/mol. The average Bonchev–Trinajstić information content (AvgIpc) is 3.25. The Labute approximate surface area is 177 Å². The molecule has 0 aliphatic carbocycles. The molecule has 3 aromatic rings. The number of carbonyl (C=O) groups excluding carboxylic acids is 2. The molecule has 2 aromatic carbocycles. The van der Waals surface area contributed by atoms with Crippen molar-refractivity contribution in [3.8, 4) is 0 Å². The van der Waals surface area contributed by atoms with E-state index < -0.39 is 11.7 Å². The van der Waals surface area contributed by atoms with Crippen LogP contribution in [-0.2, 0) is 0 Å². The number of halogens is 1. The van der Waals surface area contributed by atoms with Gasteiger partial charge in [0.15, 0.2) is 0 Å². The number of hydrogen-bond acceptors (Lipinski definition) is 5. The Balaban J connectivity index is 1.36. The Morgan fingerprint density at radius 3 is 2.60 bits per heavy atom. The Morgan fingerprint density at radius 2 is 1.87 bits per heavy atom. The number of nitrogens with zero attached hydrogens (tertiary/aromatic N) is 3. The minimum Gasteiger partial charge on any atom is -0.339 e. The Hall–Kier alpha value is -3.13. The Kier molecular flexibility index (Phi) is 5.85. The standard InChI is InChI=1S/C22H21FN4O2S/c1-14-5-4-6-16(13-14)22(29)27-11-9-15(10-12-27)20-25-26-21(30-20)19(28)24-18-8-3-2-7-17(18)23/h2-8,13,15H,9-12H2,1H3,(H,24,28). The van der Waals surface area contributed by atoms with Crippen LogP contribution in [0.3, 0.4) is 0 Å². The summed E-state index contributed by atoms with van der Waals surface area (Å²) in [5.74, 6) is -0.782. The van der Waals surface area contributed by atoms with Crippen LogP contribution in [0.2, 0.25) is 0 Å². The van der Waals surface area contributed by atoms with Crippen LogP contribution in [0, 0.1) is 12.7 Å². The van der Waals surface area contributed by atoms with Crippen molar-refractivity contribution in [1.82, 2.24) is 15.1 Å². The number of carbonyl (C=O) groups is 2. The summed E-state index contributed by atoms with van der Waals surface area (Å²) in [6.07, 6.45) is 1.53. The first-order valence-corrected chi connectivity index (χ1v) is 10.6. The van der Waals surface area contributed by atoms with Crippen molar-refractivity contribution >= 4 is 28.8 Å². The van der Waals surface area contributed by atoms with E-state index in [0.717, 1.165) is 23.4 Å². The lowest BCUT2D eigenvalue weighted by Crippen LogP contribution is -2.37. The summed E-state index contributed by atoms with van der Waals surface area (Å²) in [5.41, 5.74) is 1.88. The molecule has 0 spiro atoms. The van der Waals surface area contributed by atoms with Gasteiger partial charge in [0.1, 0.15) is 10.8 Å². The number of nitrogens with one attached hydrogen (secondary N) is 1. The topological polar surface area (TPSA) is 75.2 Å². The highest BCUT2D eigenvalue weighted by molar-refractivity contribution is 7.13. The van der Waals surface area contributed by atoms with E-state index in [4.69, 9.17) is 0 Å². The number of aromatic nitrogens is 2. The number of amides is 2. The molecule has 1 saturated heterocycles. The molecule has 0 atom stereocenters. The fourth-order valence-corrected chi connectivity index (χ4v) is 4.43. The van der Waals surface area contributed by atoms with E-state index in [2.05, 4.69) is 15.5 Å². The molecule has 1 N–H and O–H groups in total. The lowest BCUT2D eigenvalue weighted by atomic mass is 9.97. The van der Waals surface area contributed by atoms with E-state index in [-0.39, 0.29) is 22.5 Å². The van der Waals surface area contributed by atoms with Crippen molar-refractivity contribution in [3.05, 3.63) is 75.5 Å². The van der Waals surface area contributed by atoms with E-state index in [1.54, 1.807) is 12.1 Å². The molecule has 1 aromatic heterocycles. The first kappa shape index (κ1) is 20.2. The molecule has 0 radical (unpaired) electrons. The molecule has 2 amide bonds. The molecular formula is C22H21FN4O2S. The third-order valence-corrected chi connectivity index (χ3v) is 6.24. The molecule has 0 unspecified atom stereocenters. The number of hydrogen-bond donors (Lipinski definition) is 1. The Bertz CT molecular complexity index is 1080. The van der Waals surface area contributed by atoms with E-state index in [1.807, 2.05) is 36.1 Å². The summed E-state index contributed by atoms with van der Waals surface area (Å²) in [6, 6.07) is 13.6. The maximum absolute atomic E-state index is 13.7. The molecule has 1 aliphatic heterocycles. The van der Waals surface area contributed by atoms with Crippen LogP contribution >= 0.6 is 11.3 Å². The number of benzene rings is 2. The second kappa shape index (κ2) is 8.71. The lowest BCUT2D eigenvalue weighted by Gasteiger charge is -2.31. The van der Waals surface area contributed by atoms with Gasteiger partial charge in [-0.15, -0.1) is 10.2 Å². The summed E-state index contributed by atoms with van der Waals surface area (Å²) >= 11 is 1.22. The van der Waals surface area contributed by atoms with Crippen LogP contribution < -0.4 is 5.32 Å². The van der Waals surface area contributed by atoms with Crippen molar-refractivity contribution in [2.45, 2.75) is 25.7 Å². The lowest BCUT2D eigenvalue weighted by molar-refractivity contribution is 0.0712. The van der Waals surface area contributed by atoms with Gasteiger partial charge in [0.05, 0.1) is 5.69 Å². The SMILES string of the molecule is Cc1cccc(C(=O)N2CCC(c3nnc(C(=O)Nc4ccccc4F)s3)CC2)c1. The fourth-order valence-electron chi connectivity index (χ4n) is 3.52. The number of anilines is 1. The number of rotatable bonds is 4. The third kappa shape index (κ3) is 4.38. The van der Waals surface area contributed by atoms with Gasteiger partial charge in [0.2, 0.25) is 5.01 Å². The van der Waals surface area contributed by atoms with Crippen molar-refractivity contribution in [2.24, 2.45) is 0 Å². The monoisotopic (exact) mass is 424 g/mol. The van der Waals surface area contributed by atoms with E-state index in [9.17, 15) is 14.0 Å². The second-order valence-corrected chi connectivity index (χ2v) is 8.32. The molecule has 1 aliphatic rings. The maximum Gasteiger partial charge on any atom is 0.286 e. The first-order chi connectivity index (χ1) is 14.5. The average molecular weight is 425 g/mol. The van der Waals surface area contributed by atoms with Crippen LogP contribution in [0.25, 0.3) is 0 Å². The quantitative estimate of drug-likeness (QED) is 0.679. The molecule has 1 fully saturated rings. The highest BCUT2D eigenvalue weighted by Crippen LogP contribution is 2.31. The van der Waals surface area contributed by atoms with Crippen molar-refractivity contribution in [1.29, 1.82) is 0 Å². The van der Waals surface area contributed by atoms with E-state index >= 15 is 0 Å². The highest BCUT2D eigenvalue weighted by atomic mass is 32.1. The van der Waals surface area contributed by atoms with Gasteiger partial charge < -0.3 is 10.2 Å². The zero-order valence-corrected chi connectivity index (χ0v) is 17.3. The minimum absolute atomic E-state index is 0.0411. The van der Waals surface area contributed by atoms with Crippen LogP contribution in [-0.4, -0.2) is 40.0 Å². The van der Waals surface area contributed by atoms with Crippen LogP contribution in [0.15, 0.2) is 48.5 Å². The minimum atomic E-state index is -0.499. The summed E-state index contributed by atoms with van der Waals surface area (Å²) in [7, 11) is 0. The zero-order valence-electron chi connectivity index (χ0n) is 16.5. The summed E-state index contributed by atoms with van der Waals surface area (Å²) in [4.78, 5) is 26.9. The van der Waals surface area contributed by atoms with Crippen molar-refractivity contribution in [2.75, 3.05) is 18.4 Å². The van der Waals surface area contributed by atoms with Crippen molar-refractivity contribution < 1.29 is 14.0 Å². The van der Waals surface area contributed by atoms with Gasteiger partial charge in [-0.3, -0.25) is 9.59 Å². The fraction of sp³-hybridized carbons (Fsp3) is 0.273. The summed E-state index contributed by atoms with van der Waals surface area (Å²) in [5, 5.41) is 11.7. The van der Waals surface area contributed by atoms with Gasteiger partial charge in [-0.25, -0.2) is 4.39 Å². The van der Waals surface area contributed by atoms with Gasteiger partial charge >= 0.3 is 0 Å². The second-order valence-electron chi connectivity index (χ2n) is 7.32. The molecule has 2 heterocycles. The van der Waals surface area contributed by atoms with E-state index in [0.29, 0.717) is 18.7 Å². The predicted molar refractivity (Wildman–Crippen MR) is 113 cm³/mol. The number of likely N-dealkylation sites (tertiary alicyclic amines) is 1. The highest BCUT2D eigenvalue weighted by Gasteiger charge is 2.27. The zero-order chi connectivity index (χ0) is 21.1.